The van der Waals surface area contributed by atoms with Crippen molar-refractivity contribution in [3.8, 4) is 5.75 Å². The maximum atomic E-state index is 10.9. The molecule has 1 aromatic carbocycles. The van der Waals surface area contributed by atoms with Gasteiger partial charge in [-0.05, 0) is 17.7 Å². The number of methoxy groups -OCH3 is 1. The molecule has 14 nitrogen and oxygen atoms in total. The first-order chi connectivity index (χ1) is 17.8. The molecule has 0 aliphatic carbocycles. The lowest BCUT2D eigenvalue weighted by atomic mass is 9.83. The van der Waals surface area contributed by atoms with Gasteiger partial charge in [0.1, 0.15) is 48.1 Å². The zero-order chi connectivity index (χ0) is 26.7. The number of benzene rings is 1. The van der Waals surface area contributed by atoms with Gasteiger partial charge >= 0.3 is 0 Å². The Morgan fingerprint density at radius 1 is 0.865 bits per heavy atom. The van der Waals surface area contributed by atoms with Crippen LogP contribution in [0.4, 0.5) is 0 Å². The molecular weight excluding hydrogens is 494 g/mol. The van der Waals surface area contributed by atoms with Gasteiger partial charge in [-0.15, -0.1) is 5.10 Å². The highest BCUT2D eigenvalue weighted by atomic mass is 16.7. The number of rotatable bonds is 9. The van der Waals surface area contributed by atoms with Gasteiger partial charge in [0.25, 0.3) is 0 Å². The van der Waals surface area contributed by atoms with Crippen molar-refractivity contribution in [2.24, 2.45) is 5.92 Å². The lowest BCUT2D eigenvalue weighted by Gasteiger charge is -2.42. The molecule has 3 heterocycles. The largest absolute Gasteiger partial charge is 0.497 e. The lowest BCUT2D eigenvalue weighted by molar-refractivity contribution is -0.304. The van der Waals surface area contributed by atoms with E-state index in [0.29, 0.717) is 17.0 Å². The summed E-state index contributed by atoms with van der Waals surface area (Å²) < 4.78 is 23.4. The fourth-order valence-electron chi connectivity index (χ4n) is 4.58. The molecule has 2 saturated heterocycles. The van der Waals surface area contributed by atoms with E-state index in [-0.39, 0.29) is 13.2 Å². The van der Waals surface area contributed by atoms with Crippen molar-refractivity contribution in [3.63, 3.8) is 0 Å². The van der Waals surface area contributed by atoms with E-state index < -0.39 is 74.3 Å². The van der Waals surface area contributed by atoms with Crippen LogP contribution in [-0.2, 0) is 27.4 Å². The Morgan fingerprint density at radius 2 is 1.51 bits per heavy atom. The van der Waals surface area contributed by atoms with Crippen molar-refractivity contribution in [3.05, 3.63) is 41.7 Å². The van der Waals surface area contributed by atoms with E-state index in [1.807, 2.05) is 0 Å². The van der Waals surface area contributed by atoms with E-state index in [1.165, 1.54) is 10.9 Å². The second kappa shape index (κ2) is 12.1. The Balaban J connectivity index is 1.45. The maximum absolute atomic E-state index is 10.9. The number of hydrogen-bond acceptors (Lipinski definition) is 13. The molecule has 4 rings (SSSR count). The van der Waals surface area contributed by atoms with Gasteiger partial charge in [0.2, 0.25) is 0 Å². The normalized spacial score (nSPS) is 36.4. The van der Waals surface area contributed by atoms with Crippen molar-refractivity contribution in [1.82, 2.24) is 15.0 Å². The molecule has 0 unspecified atom stereocenters. The Morgan fingerprint density at radius 3 is 2.16 bits per heavy atom. The van der Waals surface area contributed by atoms with E-state index in [1.54, 1.807) is 31.4 Å². The Hall–Kier alpha value is -2.24. The molecule has 2 fully saturated rings. The number of aromatic nitrogens is 3. The van der Waals surface area contributed by atoms with Crippen molar-refractivity contribution in [1.29, 1.82) is 0 Å². The standard InChI is InChI=1S/C23H33N3O11/c1-34-13-4-2-11(3-5-13)22-14(17(29)18(30)15(8-27)36-22)7-26-6-12(24-25-26)10-35-23-21(33)20(32)19(31)16(9-28)37-23/h2-6,14-23,27-33H,7-10H2,1H3/t14-,15-,16-,17-,18+,19+,20+,21-,22+,23-/m1/s1. The summed E-state index contributed by atoms with van der Waals surface area (Å²) in [7, 11) is 1.54. The predicted octanol–water partition coefficient (Wildman–Crippen LogP) is -2.93. The predicted molar refractivity (Wildman–Crippen MR) is 122 cm³/mol. The van der Waals surface area contributed by atoms with Gasteiger partial charge < -0.3 is 54.7 Å². The minimum absolute atomic E-state index is 0.0973. The van der Waals surface area contributed by atoms with E-state index >= 15 is 0 Å². The summed E-state index contributed by atoms with van der Waals surface area (Å²) in [5.41, 5.74) is 1.04. The smallest absolute Gasteiger partial charge is 0.187 e. The summed E-state index contributed by atoms with van der Waals surface area (Å²) in [6.45, 7) is -1.13. The van der Waals surface area contributed by atoms with Crippen LogP contribution in [0.1, 0.15) is 17.4 Å². The molecule has 0 bridgehead atoms. The van der Waals surface area contributed by atoms with Crippen molar-refractivity contribution in [2.45, 2.75) is 68.3 Å². The third kappa shape index (κ3) is 5.93. The van der Waals surface area contributed by atoms with Crippen LogP contribution < -0.4 is 4.74 Å². The zero-order valence-electron chi connectivity index (χ0n) is 20.1. The van der Waals surface area contributed by atoms with E-state index in [2.05, 4.69) is 10.3 Å². The van der Waals surface area contributed by atoms with Crippen LogP contribution in [0.15, 0.2) is 30.5 Å². The van der Waals surface area contributed by atoms with Gasteiger partial charge in [-0.2, -0.15) is 0 Å². The summed E-state index contributed by atoms with van der Waals surface area (Å²) in [5, 5.41) is 78.2. The molecule has 2 aliphatic heterocycles. The topological polar surface area (TPSA) is 209 Å². The summed E-state index contributed by atoms with van der Waals surface area (Å²) in [6, 6.07) is 7.03. The van der Waals surface area contributed by atoms with Crippen LogP contribution in [0.25, 0.3) is 0 Å². The molecule has 0 saturated carbocycles. The average Bonchev–Trinajstić information content (AvgIpc) is 3.37. The highest BCUT2D eigenvalue weighted by Crippen LogP contribution is 2.38. The average molecular weight is 528 g/mol. The first-order valence-electron chi connectivity index (χ1n) is 11.8. The molecule has 2 aliphatic rings. The molecule has 0 radical (unpaired) electrons. The lowest BCUT2D eigenvalue weighted by Crippen LogP contribution is -2.59. The van der Waals surface area contributed by atoms with E-state index in [0.717, 1.165) is 0 Å². The molecule has 7 N–H and O–H groups in total. The summed E-state index contributed by atoms with van der Waals surface area (Å²) in [6.07, 6.45) is -9.71. The van der Waals surface area contributed by atoms with E-state index in [4.69, 9.17) is 18.9 Å². The third-order valence-corrected chi connectivity index (χ3v) is 6.73. The molecule has 206 valence electrons. The number of aliphatic hydroxyl groups is 7. The van der Waals surface area contributed by atoms with Crippen molar-refractivity contribution in [2.75, 3.05) is 20.3 Å². The van der Waals surface area contributed by atoms with Crippen molar-refractivity contribution < 1.29 is 54.7 Å². The van der Waals surface area contributed by atoms with Gasteiger partial charge in [-0.1, -0.05) is 17.3 Å². The maximum Gasteiger partial charge on any atom is 0.187 e. The summed E-state index contributed by atoms with van der Waals surface area (Å²) in [5.74, 6) is -0.0252. The fraction of sp³-hybridized carbons (Fsp3) is 0.652. The highest BCUT2D eigenvalue weighted by molar-refractivity contribution is 5.29. The van der Waals surface area contributed by atoms with Crippen LogP contribution in [0, 0.1) is 5.92 Å². The molecular formula is C23H33N3O11. The minimum Gasteiger partial charge on any atom is -0.497 e. The molecule has 2 aromatic rings. The number of aliphatic hydroxyl groups excluding tert-OH is 7. The van der Waals surface area contributed by atoms with Crippen LogP contribution >= 0.6 is 0 Å². The SMILES string of the molecule is COc1ccc([C@@H]2O[C@H](CO)[C@H](O)[C@H](O)[C@H]2Cn2cc(CO[C@@H]3O[C@H](CO)[C@H](O)[C@H](O)[C@H]3O)nn2)cc1. The van der Waals surface area contributed by atoms with Gasteiger partial charge in [0.05, 0.1) is 51.9 Å². The number of nitrogens with zero attached hydrogens (tertiary/aromatic N) is 3. The van der Waals surface area contributed by atoms with Gasteiger partial charge in [-0.3, -0.25) is 4.68 Å². The highest BCUT2D eigenvalue weighted by Gasteiger charge is 2.46. The monoisotopic (exact) mass is 527 g/mol. The first-order valence-corrected chi connectivity index (χ1v) is 11.8. The first kappa shape index (κ1) is 27.8. The van der Waals surface area contributed by atoms with E-state index in [9.17, 15) is 35.7 Å². The fourth-order valence-corrected chi connectivity index (χ4v) is 4.58. The Kier molecular flexibility index (Phi) is 9.07. The second-order valence-electron chi connectivity index (χ2n) is 9.14. The minimum atomic E-state index is -1.57. The molecule has 0 amide bonds. The third-order valence-electron chi connectivity index (χ3n) is 6.73. The van der Waals surface area contributed by atoms with Gasteiger partial charge in [0, 0.05) is 5.92 Å². The number of hydrogen-bond donors (Lipinski definition) is 7. The molecule has 0 spiro atoms. The quantitative estimate of drug-likeness (QED) is 0.174. The van der Waals surface area contributed by atoms with Crippen LogP contribution in [0.3, 0.4) is 0 Å². The van der Waals surface area contributed by atoms with Crippen LogP contribution in [0.2, 0.25) is 0 Å². The van der Waals surface area contributed by atoms with Crippen LogP contribution in [-0.4, -0.2) is 120 Å². The molecule has 10 atom stereocenters. The zero-order valence-corrected chi connectivity index (χ0v) is 20.1. The summed E-state index contributed by atoms with van der Waals surface area (Å²) >= 11 is 0. The van der Waals surface area contributed by atoms with Crippen molar-refractivity contribution >= 4 is 0 Å². The molecule has 14 heteroatoms. The van der Waals surface area contributed by atoms with Gasteiger partial charge in [-0.25, -0.2) is 0 Å². The molecule has 1 aromatic heterocycles. The Bertz CT molecular complexity index is 991. The molecule has 37 heavy (non-hydrogen) atoms. The second-order valence-corrected chi connectivity index (χ2v) is 9.14. The Labute approximate surface area is 212 Å². The van der Waals surface area contributed by atoms with Gasteiger partial charge in [0.15, 0.2) is 6.29 Å². The number of ether oxygens (including phenoxy) is 4. The van der Waals surface area contributed by atoms with Crippen LogP contribution in [0.5, 0.6) is 5.75 Å². The summed E-state index contributed by atoms with van der Waals surface area (Å²) in [4.78, 5) is 0.